The molecule has 1 saturated heterocycles. The standard InChI is InChI=1S/C20H34N4O4S/c1-3-21-20(24-11-9-19(16-24)17-28-13-12-27-2)22-10-14-29(25,26)23-15-18-7-5-4-6-8-18/h4-8,19,23H,3,9-17H2,1-2H3,(H,21,22). The van der Waals surface area contributed by atoms with Gasteiger partial charge in [-0.05, 0) is 18.9 Å². The molecule has 1 aromatic carbocycles. The first kappa shape index (κ1) is 23.6. The maximum Gasteiger partial charge on any atom is 0.213 e. The van der Waals surface area contributed by atoms with Gasteiger partial charge in [0.05, 0.1) is 32.1 Å². The quantitative estimate of drug-likeness (QED) is 0.295. The highest BCUT2D eigenvalue weighted by Gasteiger charge is 2.25. The minimum absolute atomic E-state index is 0.0356. The normalized spacial score (nSPS) is 17.7. The lowest BCUT2D eigenvalue weighted by molar-refractivity contribution is 0.0536. The minimum atomic E-state index is -3.38. The fraction of sp³-hybridized carbons (Fsp3) is 0.650. The predicted molar refractivity (Wildman–Crippen MR) is 115 cm³/mol. The lowest BCUT2D eigenvalue weighted by Crippen LogP contribution is -2.40. The van der Waals surface area contributed by atoms with Crippen LogP contribution >= 0.6 is 0 Å². The molecule has 2 N–H and O–H groups in total. The highest BCUT2D eigenvalue weighted by molar-refractivity contribution is 7.89. The molecular weight excluding hydrogens is 392 g/mol. The number of sulfonamides is 1. The molecule has 1 aromatic rings. The highest BCUT2D eigenvalue weighted by Crippen LogP contribution is 2.16. The van der Waals surface area contributed by atoms with E-state index < -0.39 is 10.0 Å². The Bertz CT molecular complexity index is 712. The Balaban J connectivity index is 1.79. The molecule has 0 aromatic heterocycles. The van der Waals surface area contributed by atoms with Gasteiger partial charge in [-0.25, -0.2) is 13.1 Å². The summed E-state index contributed by atoms with van der Waals surface area (Å²) in [5.41, 5.74) is 0.934. The zero-order valence-corrected chi connectivity index (χ0v) is 18.3. The predicted octanol–water partition coefficient (Wildman–Crippen LogP) is 1.06. The van der Waals surface area contributed by atoms with Crippen LogP contribution in [0.15, 0.2) is 35.3 Å². The molecule has 0 radical (unpaired) electrons. The summed E-state index contributed by atoms with van der Waals surface area (Å²) >= 11 is 0. The van der Waals surface area contributed by atoms with E-state index in [1.807, 2.05) is 37.3 Å². The molecule has 0 spiro atoms. The van der Waals surface area contributed by atoms with Gasteiger partial charge in [-0.3, -0.25) is 4.99 Å². The summed E-state index contributed by atoms with van der Waals surface area (Å²) in [5, 5.41) is 3.27. The Morgan fingerprint density at radius 2 is 2.07 bits per heavy atom. The zero-order valence-electron chi connectivity index (χ0n) is 17.5. The molecule has 9 heteroatoms. The van der Waals surface area contributed by atoms with Crippen LogP contribution in [0.4, 0.5) is 0 Å². The van der Waals surface area contributed by atoms with Crippen molar-refractivity contribution >= 4 is 16.0 Å². The monoisotopic (exact) mass is 426 g/mol. The van der Waals surface area contributed by atoms with Crippen molar-refractivity contribution in [2.45, 2.75) is 19.9 Å². The van der Waals surface area contributed by atoms with Crippen molar-refractivity contribution in [1.29, 1.82) is 0 Å². The second-order valence-electron chi connectivity index (χ2n) is 7.03. The van der Waals surface area contributed by atoms with E-state index in [0.29, 0.717) is 32.3 Å². The summed E-state index contributed by atoms with van der Waals surface area (Å²) in [6.45, 7) is 6.93. The van der Waals surface area contributed by atoms with Gasteiger partial charge in [-0.2, -0.15) is 0 Å². The molecule has 1 fully saturated rings. The minimum Gasteiger partial charge on any atom is -0.382 e. The van der Waals surface area contributed by atoms with Gasteiger partial charge in [0.2, 0.25) is 10.0 Å². The fourth-order valence-corrected chi connectivity index (χ4v) is 3.97. The van der Waals surface area contributed by atoms with Crippen molar-refractivity contribution in [3.05, 3.63) is 35.9 Å². The number of ether oxygens (including phenoxy) is 2. The maximum absolute atomic E-state index is 12.2. The third-order valence-corrected chi connectivity index (χ3v) is 5.97. The van der Waals surface area contributed by atoms with E-state index in [1.54, 1.807) is 7.11 Å². The largest absolute Gasteiger partial charge is 0.382 e. The number of rotatable bonds is 12. The van der Waals surface area contributed by atoms with Crippen LogP contribution < -0.4 is 10.0 Å². The molecule has 1 heterocycles. The zero-order chi connectivity index (χ0) is 21.0. The van der Waals surface area contributed by atoms with E-state index in [2.05, 4.69) is 19.9 Å². The average Bonchev–Trinajstić information content (AvgIpc) is 3.19. The number of aliphatic imine (C=N–C) groups is 1. The van der Waals surface area contributed by atoms with Gasteiger partial charge in [0.25, 0.3) is 0 Å². The summed E-state index contributed by atoms with van der Waals surface area (Å²) in [6.07, 6.45) is 1.04. The van der Waals surface area contributed by atoms with Crippen LogP contribution in [0.25, 0.3) is 0 Å². The Morgan fingerprint density at radius 3 is 2.79 bits per heavy atom. The molecule has 29 heavy (non-hydrogen) atoms. The number of benzene rings is 1. The second kappa shape index (κ2) is 12.8. The van der Waals surface area contributed by atoms with Crippen LogP contribution in [0.2, 0.25) is 0 Å². The van der Waals surface area contributed by atoms with E-state index in [4.69, 9.17) is 9.47 Å². The molecule has 0 aliphatic carbocycles. The molecule has 8 nitrogen and oxygen atoms in total. The molecule has 1 atom stereocenters. The van der Waals surface area contributed by atoms with Crippen LogP contribution in [0.3, 0.4) is 0 Å². The van der Waals surface area contributed by atoms with Crippen molar-refractivity contribution in [2.24, 2.45) is 10.9 Å². The van der Waals surface area contributed by atoms with Crippen molar-refractivity contribution < 1.29 is 17.9 Å². The number of nitrogens with one attached hydrogen (secondary N) is 2. The van der Waals surface area contributed by atoms with E-state index in [1.165, 1.54) is 0 Å². The lowest BCUT2D eigenvalue weighted by atomic mass is 10.1. The average molecular weight is 427 g/mol. The summed E-state index contributed by atoms with van der Waals surface area (Å²) in [5.74, 6) is 1.18. The maximum atomic E-state index is 12.2. The molecule has 0 saturated carbocycles. The van der Waals surface area contributed by atoms with Crippen LogP contribution in [-0.4, -0.2) is 78.1 Å². The van der Waals surface area contributed by atoms with Crippen LogP contribution in [0, 0.1) is 5.92 Å². The van der Waals surface area contributed by atoms with E-state index in [9.17, 15) is 8.42 Å². The van der Waals surface area contributed by atoms with Gasteiger partial charge in [0.15, 0.2) is 5.96 Å². The number of guanidine groups is 1. The molecule has 1 unspecified atom stereocenters. The molecule has 1 aliphatic heterocycles. The fourth-order valence-electron chi connectivity index (χ4n) is 3.11. The van der Waals surface area contributed by atoms with Crippen molar-refractivity contribution in [2.75, 3.05) is 58.9 Å². The first-order chi connectivity index (χ1) is 14.0. The second-order valence-corrected chi connectivity index (χ2v) is 8.96. The molecule has 0 amide bonds. The number of methoxy groups -OCH3 is 1. The van der Waals surface area contributed by atoms with E-state index in [-0.39, 0.29) is 12.3 Å². The van der Waals surface area contributed by atoms with Gasteiger partial charge < -0.3 is 19.7 Å². The first-order valence-corrected chi connectivity index (χ1v) is 11.8. The Labute approximate surface area is 174 Å². The highest BCUT2D eigenvalue weighted by atomic mass is 32.2. The van der Waals surface area contributed by atoms with E-state index in [0.717, 1.165) is 37.6 Å². The third kappa shape index (κ3) is 9.12. The van der Waals surface area contributed by atoms with Crippen LogP contribution in [-0.2, 0) is 26.0 Å². The molecule has 0 bridgehead atoms. The SMILES string of the molecule is CCNC(=NCCS(=O)(=O)NCc1ccccc1)N1CCC(COCCOC)C1. The lowest BCUT2D eigenvalue weighted by Gasteiger charge is -2.21. The molecule has 2 rings (SSSR count). The van der Waals surface area contributed by atoms with Gasteiger partial charge >= 0.3 is 0 Å². The first-order valence-electron chi connectivity index (χ1n) is 10.1. The van der Waals surface area contributed by atoms with Crippen LogP contribution in [0.5, 0.6) is 0 Å². The summed E-state index contributed by atoms with van der Waals surface area (Å²) in [6, 6.07) is 9.48. The van der Waals surface area contributed by atoms with Crippen LogP contribution in [0.1, 0.15) is 18.9 Å². The van der Waals surface area contributed by atoms with E-state index >= 15 is 0 Å². The number of likely N-dealkylation sites (tertiary alicyclic amines) is 1. The number of nitrogens with zero attached hydrogens (tertiary/aromatic N) is 2. The Hall–Kier alpha value is -1.68. The summed E-state index contributed by atoms with van der Waals surface area (Å²) < 4.78 is 37.8. The summed E-state index contributed by atoms with van der Waals surface area (Å²) in [4.78, 5) is 6.71. The Morgan fingerprint density at radius 1 is 1.28 bits per heavy atom. The summed E-state index contributed by atoms with van der Waals surface area (Å²) in [7, 11) is -1.71. The van der Waals surface area contributed by atoms with Gasteiger partial charge in [-0.15, -0.1) is 0 Å². The third-order valence-electron chi connectivity index (χ3n) is 4.67. The number of hydrogen-bond donors (Lipinski definition) is 2. The van der Waals surface area contributed by atoms with Crippen molar-refractivity contribution in [3.8, 4) is 0 Å². The van der Waals surface area contributed by atoms with Crippen molar-refractivity contribution in [3.63, 3.8) is 0 Å². The molecular formula is C20H34N4O4S. The van der Waals surface area contributed by atoms with Crippen molar-refractivity contribution in [1.82, 2.24) is 14.9 Å². The topological polar surface area (TPSA) is 92.3 Å². The number of hydrogen-bond acceptors (Lipinski definition) is 5. The van der Waals surface area contributed by atoms with Gasteiger partial charge in [-0.1, -0.05) is 30.3 Å². The molecule has 164 valence electrons. The smallest absolute Gasteiger partial charge is 0.213 e. The Kier molecular flexibility index (Phi) is 10.4. The van der Waals surface area contributed by atoms with Gasteiger partial charge in [0, 0.05) is 39.2 Å². The molecule has 1 aliphatic rings. The van der Waals surface area contributed by atoms with Gasteiger partial charge in [0.1, 0.15) is 0 Å².